The van der Waals surface area contributed by atoms with E-state index in [9.17, 15) is 9.59 Å². The van der Waals surface area contributed by atoms with Crippen LogP contribution < -0.4 is 5.32 Å². The van der Waals surface area contributed by atoms with E-state index in [2.05, 4.69) is 11.4 Å². The van der Waals surface area contributed by atoms with Crippen LogP contribution in [0, 0.1) is 17.2 Å². The van der Waals surface area contributed by atoms with Crippen molar-refractivity contribution in [3.8, 4) is 6.07 Å². The Morgan fingerprint density at radius 2 is 2.16 bits per heavy atom. The van der Waals surface area contributed by atoms with Gasteiger partial charge in [0.15, 0.2) is 0 Å². The van der Waals surface area contributed by atoms with Crippen LogP contribution in [0.4, 0.5) is 0 Å². The van der Waals surface area contributed by atoms with Crippen LogP contribution in [0.15, 0.2) is 0 Å². The number of likely N-dealkylation sites (tertiary alicyclic amines) is 1. The first-order chi connectivity index (χ1) is 11.6. The Bertz CT molecular complexity index is 538. The normalized spacial score (nSPS) is 33.0. The van der Waals surface area contributed by atoms with Crippen molar-refractivity contribution in [3.63, 3.8) is 0 Å². The van der Waals surface area contributed by atoms with E-state index in [1.54, 1.807) is 11.8 Å². The Balaban J connectivity index is 0.00000225. The van der Waals surface area contributed by atoms with Crippen molar-refractivity contribution in [2.24, 2.45) is 5.92 Å². The summed E-state index contributed by atoms with van der Waals surface area (Å²) in [5, 5.41) is 12.5. The third-order valence-corrected chi connectivity index (χ3v) is 5.30. The number of carbonyl (C=O) groups excluding carboxylic acids is 2. The maximum absolute atomic E-state index is 12.7. The van der Waals surface area contributed by atoms with Crippen molar-refractivity contribution in [1.82, 2.24) is 10.2 Å². The number of hydrogen-bond acceptors (Lipinski definition) is 6. The smallest absolute Gasteiger partial charge is 0.308 e. The van der Waals surface area contributed by atoms with E-state index in [-0.39, 0.29) is 60.9 Å². The van der Waals surface area contributed by atoms with Crippen molar-refractivity contribution < 1.29 is 19.1 Å². The number of fused-ring (bicyclic) bond motifs is 2. The quantitative estimate of drug-likeness (QED) is 0.701. The Labute approximate surface area is 154 Å². The number of ether oxygens (including phenoxy) is 2. The van der Waals surface area contributed by atoms with Crippen molar-refractivity contribution in [2.45, 2.75) is 63.3 Å². The van der Waals surface area contributed by atoms with Gasteiger partial charge in [-0.05, 0) is 38.5 Å². The number of rotatable bonds is 6. The van der Waals surface area contributed by atoms with Crippen LogP contribution in [0.3, 0.4) is 0 Å². The highest BCUT2D eigenvalue weighted by Gasteiger charge is 2.50. The highest BCUT2D eigenvalue weighted by Crippen LogP contribution is 2.38. The molecular formula is C17H26ClN3O4. The zero-order valence-corrected chi connectivity index (χ0v) is 15.3. The van der Waals surface area contributed by atoms with Gasteiger partial charge in [-0.1, -0.05) is 0 Å². The maximum Gasteiger partial charge on any atom is 0.308 e. The molecule has 0 aromatic heterocycles. The molecule has 2 bridgehead atoms. The molecule has 7 nitrogen and oxygen atoms in total. The molecule has 2 aliphatic heterocycles. The first-order valence-corrected chi connectivity index (χ1v) is 8.87. The first kappa shape index (κ1) is 20.0. The molecule has 2 saturated heterocycles. The van der Waals surface area contributed by atoms with E-state index >= 15 is 0 Å². The molecule has 0 unspecified atom stereocenters. The highest BCUT2D eigenvalue weighted by atomic mass is 35.5. The lowest BCUT2D eigenvalue weighted by Crippen LogP contribution is -2.53. The standard InChI is InChI=1S/C17H25N3O4.ClH/c1-2-23-15(21)5-7-24-14-9-11-8-13(14)19-16(11)17(22)20-6-3-4-12(20)10-18;/h11-14,16,19H,2-9H2,1H3;1H/t11-,12+,13+,14-,16-;/m1./s1. The summed E-state index contributed by atoms with van der Waals surface area (Å²) in [5.74, 6) is 0.0878. The van der Waals surface area contributed by atoms with Gasteiger partial charge in [0.1, 0.15) is 6.04 Å². The van der Waals surface area contributed by atoms with Crippen LogP contribution in [0.1, 0.15) is 39.0 Å². The number of nitrogens with one attached hydrogen (secondary N) is 1. The molecule has 140 valence electrons. The monoisotopic (exact) mass is 371 g/mol. The van der Waals surface area contributed by atoms with Crippen LogP contribution in [0.25, 0.3) is 0 Å². The Morgan fingerprint density at radius 3 is 2.80 bits per heavy atom. The van der Waals surface area contributed by atoms with Gasteiger partial charge >= 0.3 is 5.97 Å². The minimum Gasteiger partial charge on any atom is -0.466 e. The van der Waals surface area contributed by atoms with Crippen LogP contribution in [-0.4, -0.2) is 60.8 Å². The Hall–Kier alpha value is -1.36. The number of nitrogens with zero attached hydrogens (tertiary/aromatic N) is 2. The molecule has 1 saturated carbocycles. The lowest BCUT2D eigenvalue weighted by molar-refractivity contribution is -0.144. The fourth-order valence-electron chi connectivity index (χ4n) is 4.18. The van der Waals surface area contributed by atoms with E-state index < -0.39 is 0 Å². The molecule has 3 rings (SSSR count). The van der Waals surface area contributed by atoms with E-state index in [4.69, 9.17) is 14.7 Å². The van der Waals surface area contributed by atoms with Crippen LogP contribution in [0.5, 0.6) is 0 Å². The summed E-state index contributed by atoms with van der Waals surface area (Å²) < 4.78 is 10.7. The molecule has 8 heteroatoms. The van der Waals surface area contributed by atoms with Crippen molar-refractivity contribution >= 4 is 24.3 Å². The number of nitriles is 1. The second-order valence-electron chi connectivity index (χ2n) is 6.77. The second kappa shape index (κ2) is 8.84. The Kier molecular flexibility index (Phi) is 7.05. The summed E-state index contributed by atoms with van der Waals surface area (Å²) in [6.45, 7) is 3.22. The predicted octanol–water partition coefficient (Wildman–Crippen LogP) is 1.01. The number of carbonyl (C=O) groups is 2. The molecule has 3 fully saturated rings. The van der Waals surface area contributed by atoms with Crippen LogP contribution >= 0.6 is 12.4 Å². The van der Waals surface area contributed by atoms with Gasteiger partial charge in [0.25, 0.3) is 0 Å². The van der Waals surface area contributed by atoms with Gasteiger partial charge in [-0.15, -0.1) is 12.4 Å². The third-order valence-electron chi connectivity index (χ3n) is 5.30. The van der Waals surface area contributed by atoms with Crippen molar-refractivity contribution in [3.05, 3.63) is 0 Å². The summed E-state index contributed by atoms with van der Waals surface area (Å²) in [5.41, 5.74) is 0. The van der Waals surface area contributed by atoms with Gasteiger partial charge < -0.3 is 19.7 Å². The SMILES string of the molecule is CCOC(=O)CCO[C@@H]1C[C@H]2C[C@@H]1N[C@H]2C(=O)N1CCC[C@H]1C#N.Cl. The Morgan fingerprint density at radius 1 is 1.36 bits per heavy atom. The summed E-state index contributed by atoms with van der Waals surface area (Å²) in [7, 11) is 0. The molecule has 2 heterocycles. The zero-order chi connectivity index (χ0) is 17.1. The molecular weight excluding hydrogens is 346 g/mol. The van der Waals surface area contributed by atoms with E-state index in [0.29, 0.717) is 19.8 Å². The third kappa shape index (κ3) is 4.25. The first-order valence-electron chi connectivity index (χ1n) is 8.87. The van der Waals surface area contributed by atoms with Gasteiger partial charge in [0.05, 0.1) is 37.8 Å². The molecule has 0 radical (unpaired) electrons. The number of hydrogen-bond donors (Lipinski definition) is 1. The average Bonchev–Trinajstić information content (AvgIpc) is 3.29. The van der Waals surface area contributed by atoms with Gasteiger partial charge in [-0.25, -0.2) is 0 Å². The maximum atomic E-state index is 12.7. The molecule has 25 heavy (non-hydrogen) atoms. The second-order valence-corrected chi connectivity index (χ2v) is 6.77. The minimum absolute atomic E-state index is 0. The van der Waals surface area contributed by atoms with Gasteiger partial charge in [0, 0.05) is 12.6 Å². The number of amides is 1. The van der Waals surface area contributed by atoms with E-state index in [0.717, 1.165) is 25.7 Å². The molecule has 1 N–H and O–H groups in total. The summed E-state index contributed by atoms with van der Waals surface area (Å²) in [6, 6.07) is 1.94. The topological polar surface area (TPSA) is 91.7 Å². The highest BCUT2D eigenvalue weighted by molar-refractivity contribution is 5.85. The average molecular weight is 372 g/mol. The number of esters is 1. The van der Waals surface area contributed by atoms with Gasteiger partial charge in [-0.2, -0.15) is 5.26 Å². The van der Waals surface area contributed by atoms with Gasteiger partial charge in [-0.3, -0.25) is 9.59 Å². The summed E-state index contributed by atoms with van der Waals surface area (Å²) in [4.78, 5) is 25.8. The minimum atomic E-state index is -0.268. The van der Waals surface area contributed by atoms with Crippen LogP contribution in [-0.2, 0) is 19.1 Å². The molecule has 5 atom stereocenters. The predicted molar refractivity (Wildman–Crippen MR) is 92.0 cm³/mol. The van der Waals surface area contributed by atoms with Crippen molar-refractivity contribution in [2.75, 3.05) is 19.8 Å². The number of piperidine rings is 1. The summed E-state index contributed by atoms with van der Waals surface area (Å²) >= 11 is 0. The van der Waals surface area contributed by atoms with E-state index in [1.807, 2.05) is 0 Å². The molecule has 1 aliphatic carbocycles. The number of halogens is 1. The fraction of sp³-hybridized carbons (Fsp3) is 0.824. The summed E-state index contributed by atoms with van der Waals surface area (Å²) in [6.07, 6.45) is 3.77. The van der Waals surface area contributed by atoms with Gasteiger partial charge in [0.2, 0.25) is 5.91 Å². The zero-order valence-electron chi connectivity index (χ0n) is 14.5. The fourth-order valence-corrected chi connectivity index (χ4v) is 4.18. The molecule has 0 aromatic rings. The largest absolute Gasteiger partial charge is 0.466 e. The van der Waals surface area contributed by atoms with Crippen molar-refractivity contribution in [1.29, 1.82) is 5.26 Å². The van der Waals surface area contributed by atoms with Crippen LogP contribution in [0.2, 0.25) is 0 Å². The lowest BCUT2D eigenvalue weighted by atomic mass is 9.97. The molecule has 0 spiro atoms. The molecule has 0 aromatic carbocycles. The van der Waals surface area contributed by atoms with E-state index in [1.165, 1.54) is 0 Å². The molecule has 1 amide bonds. The molecule has 3 aliphatic rings. The lowest BCUT2D eigenvalue weighted by Gasteiger charge is -2.32.